The molecule has 3 heterocycles. The molecule has 8 nitrogen and oxygen atoms in total. The van der Waals surface area contributed by atoms with Crippen LogP contribution in [-0.2, 0) is 6.42 Å². The lowest BCUT2D eigenvalue weighted by molar-refractivity contribution is 0.0656. The summed E-state index contributed by atoms with van der Waals surface area (Å²) in [5.74, 6) is 0.736. The maximum absolute atomic E-state index is 12.5. The molecular formula is C23H18N6O2S. The third kappa shape index (κ3) is 3.85. The molecular weight excluding hydrogens is 424 g/mol. The number of nitrogens with one attached hydrogen (secondary N) is 1. The maximum Gasteiger partial charge on any atom is 0.261 e. The van der Waals surface area contributed by atoms with Crippen LogP contribution in [0.15, 0.2) is 60.7 Å². The van der Waals surface area contributed by atoms with Crippen LogP contribution in [0.25, 0.3) is 11.3 Å². The summed E-state index contributed by atoms with van der Waals surface area (Å²) in [4.78, 5) is 35.2. The molecule has 4 aromatic rings. The lowest BCUT2D eigenvalue weighted by atomic mass is 10.1. The molecule has 158 valence electrons. The van der Waals surface area contributed by atoms with Crippen molar-refractivity contribution in [3.63, 3.8) is 0 Å². The zero-order valence-corrected chi connectivity index (χ0v) is 18.0. The van der Waals surface area contributed by atoms with Crippen molar-refractivity contribution in [3.8, 4) is 11.3 Å². The molecule has 9 heteroatoms. The van der Waals surface area contributed by atoms with Crippen LogP contribution in [0.5, 0.6) is 0 Å². The minimum atomic E-state index is -0.265. The molecule has 1 aliphatic rings. The minimum absolute atomic E-state index is 0.256. The molecule has 0 aliphatic carbocycles. The van der Waals surface area contributed by atoms with Gasteiger partial charge in [0.1, 0.15) is 16.6 Å². The Balaban J connectivity index is 1.27. The summed E-state index contributed by atoms with van der Waals surface area (Å²) in [6.07, 6.45) is 0.433. The molecule has 0 unspecified atom stereocenters. The predicted octanol–water partition coefficient (Wildman–Crippen LogP) is 3.89. The van der Waals surface area contributed by atoms with Crippen molar-refractivity contribution in [2.24, 2.45) is 0 Å². The zero-order chi connectivity index (χ0) is 22.1. The number of anilines is 2. The molecule has 5 rings (SSSR count). The summed E-state index contributed by atoms with van der Waals surface area (Å²) in [7, 11) is 0. The molecule has 1 aliphatic heterocycles. The number of hydrogen-bond acceptors (Lipinski definition) is 8. The molecule has 32 heavy (non-hydrogen) atoms. The van der Waals surface area contributed by atoms with Gasteiger partial charge < -0.3 is 5.32 Å². The SMILES string of the molecule is Cc1nc(Nc2nnc(CCN3C(=O)c4ccccc4C3=O)s2)cc(-c2ccccc2)n1. The number of fused-ring (bicyclic) bond motifs is 1. The molecule has 0 bridgehead atoms. The van der Waals surface area contributed by atoms with Gasteiger partial charge in [-0.2, -0.15) is 0 Å². The van der Waals surface area contributed by atoms with E-state index in [-0.39, 0.29) is 18.4 Å². The Morgan fingerprint density at radius 3 is 2.31 bits per heavy atom. The third-order valence-electron chi connectivity index (χ3n) is 5.04. The lowest BCUT2D eigenvalue weighted by Crippen LogP contribution is -2.31. The minimum Gasteiger partial charge on any atom is -0.315 e. The highest BCUT2D eigenvalue weighted by Crippen LogP contribution is 2.26. The van der Waals surface area contributed by atoms with E-state index in [1.165, 1.54) is 16.2 Å². The molecule has 0 spiro atoms. The van der Waals surface area contributed by atoms with Gasteiger partial charge in [0.05, 0.1) is 16.8 Å². The van der Waals surface area contributed by atoms with Crippen LogP contribution < -0.4 is 5.32 Å². The number of amides is 2. The van der Waals surface area contributed by atoms with Crippen molar-refractivity contribution in [2.75, 3.05) is 11.9 Å². The van der Waals surface area contributed by atoms with Gasteiger partial charge in [-0.25, -0.2) is 9.97 Å². The third-order valence-corrected chi connectivity index (χ3v) is 5.94. The Morgan fingerprint density at radius 1 is 0.906 bits per heavy atom. The molecule has 2 aromatic heterocycles. The average Bonchev–Trinajstić information content (AvgIpc) is 3.35. The molecule has 2 aromatic carbocycles. The van der Waals surface area contributed by atoms with Crippen LogP contribution in [0.1, 0.15) is 31.5 Å². The smallest absolute Gasteiger partial charge is 0.261 e. The molecule has 0 radical (unpaired) electrons. The van der Waals surface area contributed by atoms with E-state index in [0.29, 0.717) is 34.3 Å². The van der Waals surface area contributed by atoms with Gasteiger partial charge in [-0.1, -0.05) is 53.8 Å². The summed E-state index contributed by atoms with van der Waals surface area (Å²) in [6.45, 7) is 2.09. The highest BCUT2D eigenvalue weighted by atomic mass is 32.1. The number of aryl methyl sites for hydroxylation is 1. The topological polar surface area (TPSA) is 101 Å². The highest BCUT2D eigenvalue weighted by molar-refractivity contribution is 7.15. The summed E-state index contributed by atoms with van der Waals surface area (Å²) in [5, 5.41) is 12.8. The number of benzene rings is 2. The fourth-order valence-corrected chi connectivity index (χ4v) is 4.29. The Kier molecular flexibility index (Phi) is 5.16. The maximum atomic E-state index is 12.5. The van der Waals surface area contributed by atoms with Crippen molar-refractivity contribution in [1.82, 2.24) is 25.1 Å². The van der Waals surface area contributed by atoms with Gasteiger partial charge in [-0.3, -0.25) is 14.5 Å². The van der Waals surface area contributed by atoms with Gasteiger partial charge in [0.15, 0.2) is 0 Å². The van der Waals surface area contributed by atoms with Gasteiger partial charge in [-0.05, 0) is 19.1 Å². The Labute approximate surface area is 188 Å². The number of rotatable bonds is 6. The Hall–Kier alpha value is -3.98. The van der Waals surface area contributed by atoms with E-state index in [1.807, 2.05) is 43.3 Å². The zero-order valence-electron chi connectivity index (χ0n) is 17.1. The fourth-order valence-electron chi connectivity index (χ4n) is 3.55. The first-order chi connectivity index (χ1) is 15.6. The molecule has 2 amide bonds. The summed E-state index contributed by atoms with van der Waals surface area (Å²) in [5.41, 5.74) is 2.71. The number of hydrogen-bond donors (Lipinski definition) is 1. The summed E-state index contributed by atoms with van der Waals surface area (Å²) in [6, 6.07) is 18.6. The van der Waals surface area contributed by atoms with E-state index in [4.69, 9.17) is 0 Å². The highest BCUT2D eigenvalue weighted by Gasteiger charge is 2.34. The average molecular weight is 443 g/mol. The van der Waals surface area contributed by atoms with E-state index in [9.17, 15) is 9.59 Å². The summed E-state index contributed by atoms with van der Waals surface area (Å²) >= 11 is 1.36. The van der Waals surface area contributed by atoms with Gasteiger partial charge in [-0.15, -0.1) is 10.2 Å². The number of carbonyl (C=O) groups is 2. The van der Waals surface area contributed by atoms with Crippen molar-refractivity contribution in [1.29, 1.82) is 0 Å². The second-order valence-corrected chi connectivity index (χ2v) is 8.30. The van der Waals surface area contributed by atoms with E-state index in [2.05, 4.69) is 25.5 Å². The molecule has 0 saturated heterocycles. The molecule has 0 saturated carbocycles. The second kappa shape index (κ2) is 8.27. The number of nitrogens with zero attached hydrogens (tertiary/aromatic N) is 5. The van der Waals surface area contributed by atoms with E-state index < -0.39 is 0 Å². The number of carbonyl (C=O) groups excluding carboxylic acids is 2. The lowest BCUT2D eigenvalue weighted by Gasteiger charge is -2.12. The first kappa shape index (κ1) is 20.0. The Morgan fingerprint density at radius 2 is 1.59 bits per heavy atom. The first-order valence-electron chi connectivity index (χ1n) is 10.0. The van der Waals surface area contributed by atoms with Crippen LogP contribution in [0.3, 0.4) is 0 Å². The van der Waals surface area contributed by atoms with Crippen LogP contribution in [0, 0.1) is 6.92 Å². The van der Waals surface area contributed by atoms with Crippen molar-refractivity contribution in [3.05, 3.63) is 82.6 Å². The van der Waals surface area contributed by atoms with E-state index in [1.54, 1.807) is 24.3 Å². The monoisotopic (exact) mass is 442 g/mol. The van der Waals surface area contributed by atoms with E-state index in [0.717, 1.165) is 16.3 Å². The molecule has 0 fully saturated rings. The van der Waals surface area contributed by atoms with Gasteiger partial charge in [0.2, 0.25) is 5.13 Å². The van der Waals surface area contributed by atoms with Gasteiger partial charge >= 0.3 is 0 Å². The quantitative estimate of drug-likeness (QED) is 0.452. The normalized spacial score (nSPS) is 12.8. The first-order valence-corrected chi connectivity index (χ1v) is 10.9. The standard InChI is InChI=1S/C23H18N6O2S/c1-14-24-18(15-7-3-2-4-8-15)13-19(25-14)26-23-28-27-20(32-23)11-12-29-21(30)16-9-5-6-10-17(16)22(29)31/h2-10,13H,11-12H2,1H3,(H,24,25,26,28). The molecule has 1 N–H and O–H groups in total. The van der Waals surface area contributed by atoms with Crippen LogP contribution in [0.4, 0.5) is 10.9 Å². The van der Waals surface area contributed by atoms with Crippen LogP contribution in [0.2, 0.25) is 0 Å². The number of aromatic nitrogens is 4. The van der Waals surface area contributed by atoms with Crippen LogP contribution in [-0.4, -0.2) is 43.4 Å². The fraction of sp³-hybridized carbons (Fsp3) is 0.130. The van der Waals surface area contributed by atoms with Crippen molar-refractivity contribution in [2.45, 2.75) is 13.3 Å². The largest absolute Gasteiger partial charge is 0.315 e. The number of imide groups is 1. The Bertz CT molecular complexity index is 1290. The second-order valence-electron chi connectivity index (χ2n) is 7.24. The van der Waals surface area contributed by atoms with Crippen molar-refractivity contribution < 1.29 is 9.59 Å². The van der Waals surface area contributed by atoms with Gasteiger partial charge in [0, 0.05) is 24.6 Å². The summed E-state index contributed by atoms with van der Waals surface area (Å²) < 4.78 is 0. The van der Waals surface area contributed by atoms with Crippen molar-refractivity contribution >= 4 is 34.1 Å². The molecule has 0 atom stereocenters. The predicted molar refractivity (Wildman–Crippen MR) is 121 cm³/mol. The van der Waals surface area contributed by atoms with Gasteiger partial charge in [0.25, 0.3) is 11.8 Å². The van der Waals surface area contributed by atoms with E-state index >= 15 is 0 Å². The van der Waals surface area contributed by atoms with Crippen LogP contribution >= 0.6 is 11.3 Å².